The maximum atomic E-state index is 13.4. The molecule has 2 rings (SSSR count). The number of nitrogens with zero attached hydrogens (tertiary/aromatic N) is 1. The molecular weight excluding hydrogens is 283 g/mol. The smallest absolute Gasteiger partial charge is 0.127 e. The zero-order valence-electron chi connectivity index (χ0n) is 9.16. The second kappa shape index (κ2) is 5.89. The third-order valence-electron chi connectivity index (χ3n) is 2.36. The van der Waals surface area contributed by atoms with Gasteiger partial charge >= 0.3 is 0 Å². The van der Waals surface area contributed by atoms with Gasteiger partial charge in [0.1, 0.15) is 5.82 Å². The largest absolute Gasteiger partial charge is 0.307 e. The van der Waals surface area contributed by atoms with Crippen LogP contribution in [0.4, 0.5) is 4.39 Å². The lowest BCUT2D eigenvalue weighted by Gasteiger charge is -2.06. The molecular formula is C13H12BrFN2. The summed E-state index contributed by atoms with van der Waals surface area (Å²) in [4.78, 5) is 4.18. The average Bonchev–Trinajstić information content (AvgIpc) is 2.35. The van der Waals surface area contributed by atoms with E-state index in [1.54, 1.807) is 18.3 Å². The number of nitrogens with one attached hydrogen (secondary N) is 1. The van der Waals surface area contributed by atoms with Gasteiger partial charge in [-0.15, -0.1) is 0 Å². The van der Waals surface area contributed by atoms with Crippen LogP contribution in [0.5, 0.6) is 0 Å². The van der Waals surface area contributed by atoms with Gasteiger partial charge in [-0.1, -0.05) is 22.0 Å². The molecule has 1 aromatic heterocycles. The molecule has 0 fully saturated rings. The molecule has 0 radical (unpaired) electrons. The number of pyridine rings is 1. The third-order valence-corrected chi connectivity index (χ3v) is 2.85. The van der Waals surface area contributed by atoms with E-state index in [4.69, 9.17) is 0 Å². The molecule has 0 aliphatic heterocycles. The zero-order valence-corrected chi connectivity index (χ0v) is 10.7. The van der Waals surface area contributed by atoms with Crippen molar-refractivity contribution in [3.05, 3.63) is 64.1 Å². The van der Waals surface area contributed by atoms with Crippen molar-refractivity contribution in [3.63, 3.8) is 0 Å². The second-order valence-corrected chi connectivity index (χ2v) is 4.58. The molecule has 4 heteroatoms. The maximum Gasteiger partial charge on any atom is 0.127 e. The predicted molar refractivity (Wildman–Crippen MR) is 68.9 cm³/mol. The van der Waals surface area contributed by atoms with E-state index in [9.17, 15) is 4.39 Å². The highest BCUT2D eigenvalue weighted by Gasteiger charge is 2.02. The van der Waals surface area contributed by atoms with Crippen LogP contribution in [0, 0.1) is 5.82 Å². The monoisotopic (exact) mass is 294 g/mol. The Labute approximate surface area is 108 Å². The van der Waals surface area contributed by atoms with Gasteiger partial charge in [-0.25, -0.2) is 4.39 Å². The molecule has 0 amide bonds. The highest BCUT2D eigenvalue weighted by atomic mass is 79.9. The Morgan fingerprint density at radius 3 is 2.82 bits per heavy atom. The van der Waals surface area contributed by atoms with Crippen LogP contribution in [0.2, 0.25) is 0 Å². The topological polar surface area (TPSA) is 24.9 Å². The van der Waals surface area contributed by atoms with Gasteiger partial charge in [0.25, 0.3) is 0 Å². The fraction of sp³-hybridized carbons (Fsp3) is 0.154. The van der Waals surface area contributed by atoms with Gasteiger partial charge in [-0.05, 0) is 30.3 Å². The van der Waals surface area contributed by atoms with Crippen LogP contribution in [0.25, 0.3) is 0 Å². The van der Waals surface area contributed by atoms with Crippen molar-refractivity contribution < 1.29 is 4.39 Å². The molecule has 1 aromatic carbocycles. The molecule has 17 heavy (non-hydrogen) atoms. The van der Waals surface area contributed by atoms with Crippen molar-refractivity contribution in [1.82, 2.24) is 10.3 Å². The zero-order chi connectivity index (χ0) is 12.1. The summed E-state index contributed by atoms with van der Waals surface area (Å²) in [7, 11) is 0. The number of aromatic nitrogens is 1. The van der Waals surface area contributed by atoms with E-state index in [-0.39, 0.29) is 5.82 Å². The van der Waals surface area contributed by atoms with Crippen LogP contribution in [0.3, 0.4) is 0 Å². The van der Waals surface area contributed by atoms with Crippen molar-refractivity contribution in [3.8, 4) is 0 Å². The fourth-order valence-electron chi connectivity index (χ4n) is 1.51. The summed E-state index contributed by atoms with van der Waals surface area (Å²) in [5.74, 6) is -0.193. The van der Waals surface area contributed by atoms with E-state index in [0.29, 0.717) is 18.7 Å². The van der Waals surface area contributed by atoms with E-state index in [1.807, 2.05) is 18.2 Å². The van der Waals surface area contributed by atoms with Crippen LogP contribution in [-0.2, 0) is 13.1 Å². The highest BCUT2D eigenvalue weighted by Crippen LogP contribution is 2.15. The summed E-state index contributed by atoms with van der Waals surface area (Å²) in [6.45, 7) is 1.12. The number of benzene rings is 1. The van der Waals surface area contributed by atoms with Gasteiger partial charge in [0.15, 0.2) is 0 Å². The lowest BCUT2D eigenvalue weighted by atomic mass is 10.2. The molecule has 1 N–H and O–H groups in total. The van der Waals surface area contributed by atoms with E-state index in [0.717, 1.165) is 10.2 Å². The SMILES string of the molecule is Fc1ccc(Br)cc1CNCc1ccccn1. The summed E-state index contributed by atoms with van der Waals surface area (Å²) in [6, 6.07) is 10.7. The van der Waals surface area contributed by atoms with E-state index >= 15 is 0 Å². The fourth-order valence-corrected chi connectivity index (χ4v) is 1.92. The third kappa shape index (κ3) is 3.61. The molecule has 1 heterocycles. The standard InChI is InChI=1S/C13H12BrFN2/c14-11-4-5-13(15)10(7-11)8-16-9-12-3-1-2-6-17-12/h1-7,16H,8-9H2. The molecule has 0 saturated heterocycles. The lowest BCUT2D eigenvalue weighted by molar-refractivity contribution is 0.585. The minimum absolute atomic E-state index is 0.193. The minimum atomic E-state index is -0.193. The Kier molecular flexibility index (Phi) is 4.23. The molecule has 2 nitrogen and oxygen atoms in total. The molecule has 2 aromatic rings. The molecule has 0 atom stereocenters. The highest BCUT2D eigenvalue weighted by molar-refractivity contribution is 9.10. The van der Waals surface area contributed by atoms with Crippen molar-refractivity contribution in [2.75, 3.05) is 0 Å². The van der Waals surface area contributed by atoms with Gasteiger partial charge in [-0.3, -0.25) is 4.98 Å². The normalized spacial score (nSPS) is 10.5. The quantitative estimate of drug-likeness (QED) is 0.936. The molecule has 0 aliphatic carbocycles. The molecule has 88 valence electrons. The summed E-state index contributed by atoms with van der Waals surface area (Å²) in [5, 5.41) is 3.16. The number of hydrogen-bond acceptors (Lipinski definition) is 2. The van der Waals surface area contributed by atoms with Gasteiger partial charge in [0.2, 0.25) is 0 Å². The van der Waals surface area contributed by atoms with Crippen LogP contribution in [0.1, 0.15) is 11.3 Å². The predicted octanol–water partition coefficient (Wildman–Crippen LogP) is 3.27. The van der Waals surface area contributed by atoms with Gasteiger partial charge < -0.3 is 5.32 Å². The first-order valence-corrected chi connectivity index (χ1v) is 6.09. The number of hydrogen-bond donors (Lipinski definition) is 1. The van der Waals surface area contributed by atoms with E-state index < -0.39 is 0 Å². The van der Waals surface area contributed by atoms with Crippen molar-refractivity contribution in [2.24, 2.45) is 0 Å². The summed E-state index contributed by atoms with van der Waals surface area (Å²) >= 11 is 3.33. The van der Waals surface area contributed by atoms with E-state index in [2.05, 4.69) is 26.2 Å². The van der Waals surface area contributed by atoms with Crippen molar-refractivity contribution >= 4 is 15.9 Å². The van der Waals surface area contributed by atoms with Crippen LogP contribution in [-0.4, -0.2) is 4.98 Å². The average molecular weight is 295 g/mol. The number of halogens is 2. The first-order valence-electron chi connectivity index (χ1n) is 5.30. The van der Waals surface area contributed by atoms with Crippen molar-refractivity contribution in [1.29, 1.82) is 0 Å². The van der Waals surface area contributed by atoms with Gasteiger partial charge in [0, 0.05) is 29.3 Å². The Bertz CT molecular complexity index is 488. The summed E-state index contributed by atoms with van der Waals surface area (Å²) in [5.41, 5.74) is 1.60. The maximum absolute atomic E-state index is 13.4. The van der Waals surface area contributed by atoms with Crippen molar-refractivity contribution in [2.45, 2.75) is 13.1 Å². The first-order chi connectivity index (χ1) is 8.25. The first kappa shape index (κ1) is 12.2. The Balaban J connectivity index is 1.92. The van der Waals surface area contributed by atoms with Crippen LogP contribution < -0.4 is 5.32 Å². The molecule has 0 aliphatic rings. The Morgan fingerprint density at radius 2 is 2.06 bits per heavy atom. The van der Waals surface area contributed by atoms with Crippen LogP contribution >= 0.6 is 15.9 Å². The van der Waals surface area contributed by atoms with Crippen LogP contribution in [0.15, 0.2) is 47.1 Å². The lowest BCUT2D eigenvalue weighted by Crippen LogP contribution is -2.14. The van der Waals surface area contributed by atoms with Gasteiger partial charge in [0.05, 0.1) is 5.69 Å². The molecule has 0 unspecified atom stereocenters. The van der Waals surface area contributed by atoms with Gasteiger partial charge in [-0.2, -0.15) is 0 Å². The Morgan fingerprint density at radius 1 is 1.18 bits per heavy atom. The number of rotatable bonds is 4. The molecule has 0 bridgehead atoms. The Hall–Kier alpha value is -1.26. The van der Waals surface area contributed by atoms with E-state index in [1.165, 1.54) is 6.07 Å². The molecule has 0 spiro atoms. The summed E-state index contributed by atoms with van der Waals surface area (Å²) in [6.07, 6.45) is 1.75. The second-order valence-electron chi connectivity index (χ2n) is 3.66. The minimum Gasteiger partial charge on any atom is -0.307 e. The molecule has 0 saturated carbocycles. The summed E-state index contributed by atoms with van der Waals surface area (Å²) < 4.78 is 14.3.